The van der Waals surface area contributed by atoms with Crippen molar-refractivity contribution in [2.75, 3.05) is 19.6 Å². The third-order valence-electron chi connectivity index (χ3n) is 5.08. The van der Waals surface area contributed by atoms with E-state index in [4.69, 9.17) is 10.5 Å². The van der Waals surface area contributed by atoms with Crippen molar-refractivity contribution in [3.63, 3.8) is 0 Å². The van der Waals surface area contributed by atoms with Crippen molar-refractivity contribution in [3.8, 4) is 0 Å². The van der Waals surface area contributed by atoms with Crippen LogP contribution >= 0.6 is 0 Å². The zero-order valence-corrected chi connectivity index (χ0v) is 12.3. The van der Waals surface area contributed by atoms with Gasteiger partial charge in [0.25, 0.3) is 0 Å². The van der Waals surface area contributed by atoms with Crippen molar-refractivity contribution in [3.05, 3.63) is 0 Å². The molecule has 0 aromatic carbocycles. The molecule has 0 aromatic rings. The fourth-order valence-corrected chi connectivity index (χ4v) is 3.84. The molecular weight excluding hydrogens is 224 g/mol. The molecule has 3 nitrogen and oxygen atoms in total. The Kier molecular flexibility index (Phi) is 4.68. The minimum atomic E-state index is 0.262. The van der Waals surface area contributed by atoms with Crippen molar-refractivity contribution < 1.29 is 4.74 Å². The van der Waals surface area contributed by atoms with Gasteiger partial charge in [0.2, 0.25) is 0 Å². The van der Waals surface area contributed by atoms with E-state index in [-0.39, 0.29) is 5.54 Å². The van der Waals surface area contributed by atoms with Crippen LogP contribution in [0.2, 0.25) is 0 Å². The molecule has 18 heavy (non-hydrogen) atoms. The number of nitrogens with zero attached hydrogens (tertiary/aromatic N) is 1. The van der Waals surface area contributed by atoms with Gasteiger partial charge in [-0.3, -0.25) is 4.90 Å². The Bertz CT molecular complexity index is 251. The van der Waals surface area contributed by atoms with Gasteiger partial charge in [0.05, 0.1) is 12.2 Å². The first kappa shape index (κ1) is 14.3. The van der Waals surface area contributed by atoms with Crippen molar-refractivity contribution in [1.29, 1.82) is 0 Å². The zero-order valence-electron chi connectivity index (χ0n) is 12.3. The van der Waals surface area contributed by atoms with E-state index in [0.29, 0.717) is 12.2 Å². The van der Waals surface area contributed by atoms with E-state index in [0.717, 1.165) is 25.6 Å². The minimum absolute atomic E-state index is 0.262. The van der Waals surface area contributed by atoms with Crippen LogP contribution in [0.3, 0.4) is 0 Å². The van der Waals surface area contributed by atoms with Gasteiger partial charge in [-0.15, -0.1) is 0 Å². The van der Waals surface area contributed by atoms with Crippen LogP contribution < -0.4 is 5.73 Å². The third-order valence-corrected chi connectivity index (χ3v) is 5.08. The lowest BCUT2D eigenvalue weighted by atomic mass is 9.74. The van der Waals surface area contributed by atoms with Gasteiger partial charge in [0.1, 0.15) is 0 Å². The summed E-state index contributed by atoms with van der Waals surface area (Å²) in [6.07, 6.45) is 7.29. The molecule has 106 valence electrons. The highest BCUT2D eigenvalue weighted by Crippen LogP contribution is 2.38. The summed E-state index contributed by atoms with van der Waals surface area (Å²) < 4.78 is 5.86. The largest absolute Gasteiger partial charge is 0.373 e. The molecule has 1 saturated carbocycles. The molecule has 0 spiro atoms. The van der Waals surface area contributed by atoms with Gasteiger partial charge < -0.3 is 10.5 Å². The van der Waals surface area contributed by atoms with Gasteiger partial charge in [-0.1, -0.05) is 13.3 Å². The molecule has 1 aliphatic carbocycles. The molecule has 2 rings (SSSR count). The summed E-state index contributed by atoms with van der Waals surface area (Å²) in [6.45, 7) is 9.60. The molecule has 2 fully saturated rings. The van der Waals surface area contributed by atoms with E-state index in [2.05, 4.69) is 25.7 Å². The van der Waals surface area contributed by atoms with Crippen LogP contribution in [0.5, 0.6) is 0 Å². The van der Waals surface area contributed by atoms with Crippen LogP contribution in [-0.4, -0.2) is 42.3 Å². The maximum atomic E-state index is 6.16. The van der Waals surface area contributed by atoms with Crippen LogP contribution in [0.25, 0.3) is 0 Å². The molecule has 1 aliphatic heterocycles. The van der Waals surface area contributed by atoms with Crippen LogP contribution in [0.4, 0.5) is 0 Å². The first-order valence-corrected chi connectivity index (χ1v) is 7.70. The van der Waals surface area contributed by atoms with Crippen molar-refractivity contribution in [2.24, 2.45) is 11.7 Å². The molecule has 1 heterocycles. The molecule has 0 aromatic heterocycles. The Balaban J connectivity index is 2.03. The van der Waals surface area contributed by atoms with E-state index in [9.17, 15) is 0 Å². The second-order valence-electron chi connectivity index (χ2n) is 6.44. The van der Waals surface area contributed by atoms with Crippen LogP contribution in [0, 0.1) is 5.92 Å². The predicted octanol–water partition coefficient (Wildman–Crippen LogP) is 2.39. The Morgan fingerprint density at radius 1 is 1.17 bits per heavy atom. The smallest absolute Gasteiger partial charge is 0.0678 e. The lowest BCUT2D eigenvalue weighted by Crippen LogP contribution is -2.61. The quantitative estimate of drug-likeness (QED) is 0.840. The number of nitrogens with two attached hydrogens (primary N) is 1. The van der Waals surface area contributed by atoms with Crippen molar-refractivity contribution >= 4 is 0 Å². The van der Waals surface area contributed by atoms with E-state index in [1.807, 2.05) is 0 Å². The molecule has 2 aliphatic rings. The number of hydrogen-bond donors (Lipinski definition) is 1. The summed E-state index contributed by atoms with van der Waals surface area (Å²) in [5, 5.41) is 0. The highest BCUT2D eigenvalue weighted by Gasteiger charge is 2.41. The molecule has 0 amide bonds. The van der Waals surface area contributed by atoms with Gasteiger partial charge in [0.15, 0.2) is 0 Å². The van der Waals surface area contributed by atoms with Crippen LogP contribution in [0.1, 0.15) is 52.9 Å². The second kappa shape index (κ2) is 5.89. The Morgan fingerprint density at radius 3 is 2.17 bits per heavy atom. The number of morpholine rings is 1. The average Bonchev–Trinajstić information content (AvgIpc) is 2.37. The summed E-state index contributed by atoms with van der Waals surface area (Å²) in [5.74, 6) is 0.931. The Morgan fingerprint density at radius 2 is 1.72 bits per heavy atom. The normalized spacial score (nSPS) is 43.0. The SMILES string of the molecule is CCC1CCC(CN)(N2C[C@@H](C)O[C@@H](C)C2)CC1. The summed E-state index contributed by atoms with van der Waals surface area (Å²) >= 11 is 0. The molecule has 2 N–H and O–H groups in total. The predicted molar refractivity (Wildman–Crippen MR) is 75.6 cm³/mol. The van der Waals surface area contributed by atoms with Gasteiger partial charge in [0, 0.05) is 25.2 Å². The van der Waals surface area contributed by atoms with Gasteiger partial charge in [-0.2, -0.15) is 0 Å². The minimum Gasteiger partial charge on any atom is -0.373 e. The molecule has 3 heteroatoms. The topological polar surface area (TPSA) is 38.5 Å². The highest BCUT2D eigenvalue weighted by atomic mass is 16.5. The van der Waals surface area contributed by atoms with Gasteiger partial charge >= 0.3 is 0 Å². The average molecular weight is 254 g/mol. The molecule has 2 atom stereocenters. The fourth-order valence-electron chi connectivity index (χ4n) is 3.84. The summed E-state index contributed by atoms with van der Waals surface area (Å²) in [5.41, 5.74) is 6.43. The van der Waals surface area contributed by atoms with Crippen molar-refractivity contribution in [2.45, 2.75) is 70.6 Å². The first-order chi connectivity index (χ1) is 8.59. The number of ether oxygens (including phenoxy) is 1. The van der Waals surface area contributed by atoms with Crippen LogP contribution in [-0.2, 0) is 4.74 Å². The molecule has 1 saturated heterocycles. The van der Waals surface area contributed by atoms with Gasteiger partial charge in [-0.05, 0) is 45.4 Å². The second-order valence-corrected chi connectivity index (χ2v) is 6.44. The lowest BCUT2D eigenvalue weighted by Gasteiger charge is -2.51. The van der Waals surface area contributed by atoms with E-state index < -0.39 is 0 Å². The standard InChI is InChI=1S/C15H30N2O/c1-4-14-5-7-15(11-16,8-6-14)17-9-12(2)18-13(3)10-17/h12-14H,4-11,16H2,1-3H3/t12-,13+,14?,15?. The lowest BCUT2D eigenvalue weighted by molar-refractivity contribution is -0.110. The number of hydrogen-bond acceptors (Lipinski definition) is 3. The maximum Gasteiger partial charge on any atom is 0.0678 e. The fraction of sp³-hybridized carbons (Fsp3) is 1.00. The Hall–Kier alpha value is -0.120. The zero-order chi connectivity index (χ0) is 13.2. The van der Waals surface area contributed by atoms with E-state index in [1.54, 1.807) is 0 Å². The van der Waals surface area contributed by atoms with Gasteiger partial charge in [-0.25, -0.2) is 0 Å². The highest BCUT2D eigenvalue weighted by molar-refractivity contribution is 4.97. The molecule has 0 radical (unpaired) electrons. The monoisotopic (exact) mass is 254 g/mol. The molecular formula is C15H30N2O. The van der Waals surface area contributed by atoms with E-state index in [1.165, 1.54) is 32.1 Å². The van der Waals surface area contributed by atoms with Crippen molar-refractivity contribution in [1.82, 2.24) is 4.90 Å². The first-order valence-electron chi connectivity index (χ1n) is 7.70. The third kappa shape index (κ3) is 2.89. The summed E-state index contributed by atoms with van der Waals surface area (Å²) in [4.78, 5) is 2.64. The Labute approximate surface area is 112 Å². The maximum absolute atomic E-state index is 6.16. The number of rotatable bonds is 3. The van der Waals surface area contributed by atoms with E-state index >= 15 is 0 Å². The summed E-state index contributed by atoms with van der Waals surface area (Å²) in [6, 6.07) is 0. The summed E-state index contributed by atoms with van der Waals surface area (Å²) in [7, 11) is 0. The molecule has 0 bridgehead atoms. The van der Waals surface area contributed by atoms with Crippen LogP contribution in [0.15, 0.2) is 0 Å². The molecule has 0 unspecified atom stereocenters.